The van der Waals surface area contributed by atoms with Gasteiger partial charge in [-0.15, -0.1) is 11.3 Å². The molecule has 0 radical (unpaired) electrons. The van der Waals surface area contributed by atoms with Crippen LogP contribution >= 0.6 is 22.9 Å². The van der Waals surface area contributed by atoms with Gasteiger partial charge in [-0.3, -0.25) is 9.69 Å². The van der Waals surface area contributed by atoms with Gasteiger partial charge in [0.2, 0.25) is 0 Å². The third kappa shape index (κ3) is 3.66. The lowest BCUT2D eigenvalue weighted by Gasteiger charge is -2.29. The first-order valence-electron chi connectivity index (χ1n) is 7.27. The topological polar surface area (TPSA) is 53.4 Å². The molecule has 3 rings (SSSR count). The number of aliphatic carboxylic acids is 1. The molecule has 0 atom stereocenters. The first-order chi connectivity index (χ1) is 10.6. The minimum atomic E-state index is -0.669. The highest BCUT2D eigenvalue weighted by Crippen LogP contribution is 2.26. The highest BCUT2D eigenvalue weighted by molar-refractivity contribution is 7.09. The number of benzene rings is 1. The van der Waals surface area contributed by atoms with Crippen LogP contribution in [0.3, 0.4) is 0 Å². The molecule has 4 nitrogen and oxygen atoms in total. The van der Waals surface area contributed by atoms with Gasteiger partial charge in [0.25, 0.3) is 0 Å². The van der Waals surface area contributed by atoms with E-state index in [9.17, 15) is 4.79 Å². The Bertz CT molecular complexity index is 666. The van der Waals surface area contributed by atoms with Crippen LogP contribution in [0.15, 0.2) is 29.6 Å². The monoisotopic (exact) mass is 336 g/mol. The van der Waals surface area contributed by atoms with Gasteiger partial charge in [-0.25, -0.2) is 4.98 Å². The third-order valence-electron chi connectivity index (χ3n) is 3.97. The third-order valence-corrected chi connectivity index (χ3v) is 5.04. The Hall–Kier alpha value is -1.43. The maximum Gasteiger partial charge on any atom is 0.306 e. The number of hydrogen-bond acceptors (Lipinski definition) is 4. The van der Waals surface area contributed by atoms with Gasteiger partial charge in [0.15, 0.2) is 0 Å². The van der Waals surface area contributed by atoms with Crippen molar-refractivity contribution in [3.05, 3.63) is 39.7 Å². The summed E-state index contributed by atoms with van der Waals surface area (Å²) < 4.78 is 0. The van der Waals surface area contributed by atoms with Crippen molar-refractivity contribution in [3.63, 3.8) is 0 Å². The Morgan fingerprint density at radius 2 is 2.18 bits per heavy atom. The average Bonchev–Trinajstić information content (AvgIpc) is 2.96. The largest absolute Gasteiger partial charge is 0.481 e. The molecule has 0 amide bonds. The summed E-state index contributed by atoms with van der Waals surface area (Å²) >= 11 is 7.65. The van der Waals surface area contributed by atoms with E-state index in [-0.39, 0.29) is 5.92 Å². The second-order valence-electron chi connectivity index (χ2n) is 5.53. The van der Waals surface area contributed by atoms with Gasteiger partial charge in [0.05, 0.1) is 18.2 Å². The molecule has 1 saturated heterocycles. The van der Waals surface area contributed by atoms with E-state index in [1.807, 2.05) is 29.6 Å². The molecule has 0 saturated carbocycles. The van der Waals surface area contributed by atoms with Gasteiger partial charge >= 0.3 is 5.97 Å². The lowest BCUT2D eigenvalue weighted by Crippen LogP contribution is -2.35. The van der Waals surface area contributed by atoms with Crippen molar-refractivity contribution < 1.29 is 9.90 Å². The van der Waals surface area contributed by atoms with E-state index in [2.05, 4.69) is 9.88 Å². The molecule has 2 aromatic rings. The second-order valence-corrected chi connectivity index (χ2v) is 6.90. The molecular formula is C16H17ClN2O2S. The summed E-state index contributed by atoms with van der Waals surface area (Å²) in [6, 6.07) is 7.69. The lowest BCUT2D eigenvalue weighted by molar-refractivity contribution is -0.143. The number of aromatic nitrogens is 1. The van der Waals surface area contributed by atoms with Crippen molar-refractivity contribution in [1.82, 2.24) is 9.88 Å². The molecule has 116 valence electrons. The van der Waals surface area contributed by atoms with Crippen LogP contribution in [-0.4, -0.2) is 34.0 Å². The molecule has 1 fully saturated rings. The molecule has 6 heteroatoms. The molecule has 0 spiro atoms. The molecule has 1 N–H and O–H groups in total. The van der Waals surface area contributed by atoms with E-state index in [1.54, 1.807) is 11.3 Å². The van der Waals surface area contributed by atoms with Crippen molar-refractivity contribution in [2.24, 2.45) is 5.92 Å². The molecule has 0 aliphatic carbocycles. The molecule has 1 aromatic carbocycles. The zero-order valence-electron chi connectivity index (χ0n) is 12.0. The van der Waals surface area contributed by atoms with Crippen LogP contribution in [-0.2, 0) is 11.3 Å². The summed E-state index contributed by atoms with van der Waals surface area (Å²) in [5.74, 6) is -0.855. The predicted molar refractivity (Wildman–Crippen MR) is 88.2 cm³/mol. The number of nitrogens with zero attached hydrogens (tertiary/aromatic N) is 2. The summed E-state index contributed by atoms with van der Waals surface area (Å²) in [5.41, 5.74) is 1.97. The van der Waals surface area contributed by atoms with E-state index in [0.717, 1.165) is 48.7 Å². The molecule has 0 unspecified atom stereocenters. The maximum atomic E-state index is 11.0. The molecule has 1 aromatic heterocycles. The zero-order valence-corrected chi connectivity index (χ0v) is 13.6. The molecule has 1 aliphatic heterocycles. The van der Waals surface area contributed by atoms with Crippen molar-refractivity contribution >= 4 is 28.9 Å². The number of hydrogen-bond donors (Lipinski definition) is 1. The van der Waals surface area contributed by atoms with Gasteiger partial charge in [0.1, 0.15) is 5.01 Å². The summed E-state index contributed by atoms with van der Waals surface area (Å²) in [5, 5.41) is 12.8. The number of rotatable bonds is 4. The van der Waals surface area contributed by atoms with Crippen molar-refractivity contribution in [1.29, 1.82) is 0 Å². The van der Waals surface area contributed by atoms with Crippen molar-refractivity contribution in [3.8, 4) is 11.3 Å². The number of carboxylic acids is 1. The fourth-order valence-electron chi connectivity index (χ4n) is 2.69. The van der Waals surface area contributed by atoms with Gasteiger partial charge in [-0.2, -0.15) is 0 Å². The number of piperidine rings is 1. The Balaban J connectivity index is 1.62. The van der Waals surface area contributed by atoms with Gasteiger partial charge in [-0.05, 0) is 38.1 Å². The normalized spacial score (nSPS) is 16.8. The first kappa shape index (κ1) is 15.5. The second kappa shape index (κ2) is 6.77. The molecule has 2 heterocycles. The fraction of sp³-hybridized carbons (Fsp3) is 0.375. The van der Waals surface area contributed by atoms with Gasteiger partial charge in [-0.1, -0.05) is 23.7 Å². The van der Waals surface area contributed by atoms with E-state index in [1.165, 1.54) is 0 Å². The summed E-state index contributed by atoms with van der Waals surface area (Å²) in [7, 11) is 0. The quantitative estimate of drug-likeness (QED) is 0.923. The fourth-order valence-corrected chi connectivity index (χ4v) is 3.73. The van der Waals surface area contributed by atoms with Crippen molar-refractivity contribution in [2.75, 3.05) is 13.1 Å². The smallest absolute Gasteiger partial charge is 0.306 e. The number of carbonyl (C=O) groups is 1. The summed E-state index contributed by atoms with van der Waals surface area (Å²) in [4.78, 5) is 17.9. The summed E-state index contributed by atoms with van der Waals surface area (Å²) in [6.45, 7) is 2.43. The van der Waals surface area contributed by atoms with Crippen LogP contribution in [0.4, 0.5) is 0 Å². The van der Waals surface area contributed by atoms with E-state index < -0.39 is 5.97 Å². The van der Waals surface area contributed by atoms with Crippen LogP contribution in [0.5, 0.6) is 0 Å². The van der Waals surface area contributed by atoms with Crippen LogP contribution in [0, 0.1) is 5.92 Å². The molecular weight excluding hydrogens is 320 g/mol. The van der Waals surface area contributed by atoms with Gasteiger partial charge < -0.3 is 5.11 Å². The van der Waals surface area contributed by atoms with E-state index in [0.29, 0.717) is 5.02 Å². The standard InChI is InChI=1S/C16H17ClN2O2S/c17-13-3-1-2-12(8-13)14-10-22-15(18-14)9-19-6-4-11(5-7-19)16(20)21/h1-3,8,10-11H,4-7,9H2,(H,20,21). The Labute approximate surface area is 138 Å². The van der Waals surface area contributed by atoms with Gasteiger partial charge in [0, 0.05) is 16.0 Å². The predicted octanol–water partition coefficient (Wildman–Crippen LogP) is 3.76. The number of halogens is 1. The Kier molecular flexibility index (Phi) is 4.76. The average molecular weight is 337 g/mol. The van der Waals surface area contributed by atoms with Crippen LogP contribution in [0.25, 0.3) is 11.3 Å². The summed E-state index contributed by atoms with van der Waals surface area (Å²) in [6.07, 6.45) is 1.45. The van der Waals surface area contributed by atoms with Crippen LogP contribution in [0.2, 0.25) is 5.02 Å². The SMILES string of the molecule is O=C(O)C1CCN(Cc2nc(-c3cccc(Cl)c3)cs2)CC1. The van der Waals surface area contributed by atoms with E-state index >= 15 is 0 Å². The molecule has 22 heavy (non-hydrogen) atoms. The lowest BCUT2D eigenvalue weighted by atomic mass is 9.97. The minimum absolute atomic E-state index is 0.186. The maximum absolute atomic E-state index is 11.0. The first-order valence-corrected chi connectivity index (χ1v) is 8.53. The Morgan fingerprint density at radius 3 is 2.86 bits per heavy atom. The molecule has 1 aliphatic rings. The number of likely N-dealkylation sites (tertiary alicyclic amines) is 1. The number of carboxylic acid groups (broad SMARTS) is 1. The van der Waals surface area contributed by atoms with E-state index in [4.69, 9.17) is 16.7 Å². The van der Waals surface area contributed by atoms with Crippen LogP contribution in [0.1, 0.15) is 17.8 Å². The Morgan fingerprint density at radius 1 is 1.41 bits per heavy atom. The van der Waals surface area contributed by atoms with Crippen molar-refractivity contribution in [2.45, 2.75) is 19.4 Å². The highest BCUT2D eigenvalue weighted by Gasteiger charge is 2.24. The van der Waals surface area contributed by atoms with Crippen LogP contribution < -0.4 is 0 Å². The number of thiazole rings is 1. The minimum Gasteiger partial charge on any atom is -0.481 e. The zero-order chi connectivity index (χ0) is 15.5. The highest BCUT2D eigenvalue weighted by atomic mass is 35.5. The molecule has 0 bridgehead atoms.